The van der Waals surface area contributed by atoms with E-state index in [-0.39, 0.29) is 22.4 Å². The van der Waals surface area contributed by atoms with Crippen molar-refractivity contribution in [2.45, 2.75) is 11.4 Å². The monoisotopic (exact) mass is 245 g/mol. The molecule has 0 bridgehead atoms. The fourth-order valence-corrected chi connectivity index (χ4v) is 2.95. The number of rotatable bonds is 1. The van der Waals surface area contributed by atoms with Crippen molar-refractivity contribution in [1.29, 1.82) is 0 Å². The SMILES string of the molecule is CS(=O)(=O)c1ccc2c(c1Cl)CNC2=O. The predicted octanol–water partition coefficient (Wildman–Crippen LogP) is 0.987. The lowest BCUT2D eigenvalue weighted by molar-refractivity contribution is 0.0965. The Balaban J connectivity index is 2.72. The highest BCUT2D eigenvalue weighted by Crippen LogP contribution is 2.30. The molecular weight excluding hydrogens is 238 g/mol. The number of benzene rings is 1. The van der Waals surface area contributed by atoms with E-state index < -0.39 is 9.84 Å². The molecule has 1 aliphatic heterocycles. The normalized spacial score (nSPS) is 14.9. The lowest BCUT2D eigenvalue weighted by Crippen LogP contribution is -2.12. The Morgan fingerprint density at radius 3 is 2.67 bits per heavy atom. The van der Waals surface area contributed by atoms with Gasteiger partial charge in [-0.1, -0.05) is 11.6 Å². The number of hydrogen-bond donors (Lipinski definition) is 1. The third-order valence-electron chi connectivity index (χ3n) is 2.28. The molecule has 1 amide bonds. The van der Waals surface area contributed by atoms with E-state index in [1.807, 2.05) is 0 Å². The van der Waals surface area contributed by atoms with Crippen LogP contribution in [0.4, 0.5) is 0 Å². The summed E-state index contributed by atoms with van der Waals surface area (Å²) in [6, 6.07) is 2.85. The van der Waals surface area contributed by atoms with Gasteiger partial charge in [0.05, 0.1) is 9.92 Å². The second kappa shape index (κ2) is 3.21. The van der Waals surface area contributed by atoms with E-state index in [1.54, 1.807) is 0 Å². The van der Waals surface area contributed by atoms with Crippen LogP contribution in [0.1, 0.15) is 15.9 Å². The molecule has 15 heavy (non-hydrogen) atoms. The maximum absolute atomic E-state index is 11.3. The summed E-state index contributed by atoms with van der Waals surface area (Å²) in [7, 11) is -3.34. The fourth-order valence-electron chi connectivity index (χ4n) is 1.54. The standard InChI is InChI=1S/C9H8ClNO3S/c1-15(13,14)7-3-2-5-6(8(7)10)4-11-9(5)12/h2-3H,4H2,1H3,(H,11,12). The summed E-state index contributed by atoms with van der Waals surface area (Å²) in [4.78, 5) is 11.3. The Hall–Kier alpha value is -1.07. The molecule has 1 aromatic rings. The van der Waals surface area contributed by atoms with Gasteiger partial charge in [-0.2, -0.15) is 0 Å². The van der Waals surface area contributed by atoms with Gasteiger partial charge in [0.2, 0.25) is 0 Å². The minimum Gasteiger partial charge on any atom is -0.348 e. The molecule has 1 aromatic carbocycles. The quantitative estimate of drug-likeness (QED) is 0.803. The van der Waals surface area contributed by atoms with Gasteiger partial charge in [0.15, 0.2) is 9.84 Å². The van der Waals surface area contributed by atoms with Gasteiger partial charge >= 0.3 is 0 Å². The molecule has 1 aliphatic rings. The first-order valence-electron chi connectivity index (χ1n) is 4.21. The smallest absolute Gasteiger partial charge is 0.251 e. The van der Waals surface area contributed by atoms with Gasteiger partial charge < -0.3 is 5.32 Å². The van der Waals surface area contributed by atoms with E-state index in [1.165, 1.54) is 12.1 Å². The van der Waals surface area contributed by atoms with Crippen LogP contribution in [0.2, 0.25) is 5.02 Å². The third kappa shape index (κ3) is 1.61. The van der Waals surface area contributed by atoms with E-state index in [0.717, 1.165) is 6.26 Å². The summed E-state index contributed by atoms with van der Waals surface area (Å²) in [5, 5.41) is 2.73. The summed E-state index contributed by atoms with van der Waals surface area (Å²) in [5.74, 6) is -0.216. The van der Waals surface area contributed by atoms with Gasteiger partial charge in [0.1, 0.15) is 0 Å². The number of nitrogens with one attached hydrogen (secondary N) is 1. The maximum Gasteiger partial charge on any atom is 0.251 e. The average molecular weight is 246 g/mol. The Morgan fingerprint density at radius 1 is 1.40 bits per heavy atom. The fraction of sp³-hybridized carbons (Fsp3) is 0.222. The molecule has 1 heterocycles. The molecule has 2 rings (SSSR count). The summed E-state index contributed by atoms with van der Waals surface area (Å²) >= 11 is 5.93. The maximum atomic E-state index is 11.3. The molecule has 1 N–H and O–H groups in total. The van der Waals surface area contributed by atoms with Crippen molar-refractivity contribution in [2.24, 2.45) is 0 Å². The van der Waals surface area contributed by atoms with Crippen molar-refractivity contribution in [3.63, 3.8) is 0 Å². The van der Waals surface area contributed by atoms with Crippen molar-refractivity contribution in [3.05, 3.63) is 28.3 Å². The van der Waals surface area contributed by atoms with E-state index in [2.05, 4.69) is 5.32 Å². The Kier molecular flexibility index (Phi) is 2.24. The molecule has 0 saturated carbocycles. The van der Waals surface area contributed by atoms with Gasteiger partial charge in [-0.25, -0.2) is 8.42 Å². The summed E-state index contributed by atoms with van der Waals surface area (Å²) in [6.07, 6.45) is 1.09. The van der Waals surface area contributed by atoms with Gasteiger partial charge in [-0.3, -0.25) is 4.79 Å². The largest absolute Gasteiger partial charge is 0.348 e. The predicted molar refractivity (Wildman–Crippen MR) is 55.7 cm³/mol. The number of carbonyl (C=O) groups is 1. The Morgan fingerprint density at radius 2 is 2.07 bits per heavy atom. The highest BCUT2D eigenvalue weighted by molar-refractivity contribution is 7.90. The topological polar surface area (TPSA) is 63.2 Å². The molecule has 0 unspecified atom stereocenters. The van der Waals surface area contributed by atoms with Crippen LogP contribution in [0.15, 0.2) is 17.0 Å². The number of amides is 1. The van der Waals surface area contributed by atoms with Crippen molar-refractivity contribution in [1.82, 2.24) is 5.32 Å². The highest BCUT2D eigenvalue weighted by Gasteiger charge is 2.25. The number of halogens is 1. The summed E-state index contributed by atoms with van der Waals surface area (Å²) in [5.41, 5.74) is 1.01. The first-order valence-corrected chi connectivity index (χ1v) is 6.48. The van der Waals surface area contributed by atoms with Gasteiger partial charge in [-0.15, -0.1) is 0 Å². The molecular formula is C9H8ClNO3S. The van der Waals surface area contributed by atoms with Gasteiger partial charge in [0, 0.05) is 23.9 Å². The van der Waals surface area contributed by atoms with Crippen LogP contribution in [-0.2, 0) is 16.4 Å². The van der Waals surface area contributed by atoms with Crippen molar-refractivity contribution < 1.29 is 13.2 Å². The zero-order valence-electron chi connectivity index (χ0n) is 7.87. The third-order valence-corrected chi connectivity index (χ3v) is 3.96. The number of fused-ring (bicyclic) bond motifs is 1. The van der Waals surface area contributed by atoms with Crippen LogP contribution in [0, 0.1) is 0 Å². The van der Waals surface area contributed by atoms with E-state index in [0.29, 0.717) is 11.1 Å². The first-order chi connectivity index (χ1) is 6.91. The van der Waals surface area contributed by atoms with Crippen LogP contribution in [0.25, 0.3) is 0 Å². The molecule has 0 aliphatic carbocycles. The van der Waals surface area contributed by atoms with Crippen molar-refractivity contribution in [2.75, 3.05) is 6.26 Å². The zero-order chi connectivity index (χ0) is 11.2. The van der Waals surface area contributed by atoms with Gasteiger partial charge in [0.25, 0.3) is 5.91 Å². The van der Waals surface area contributed by atoms with E-state index >= 15 is 0 Å². The zero-order valence-corrected chi connectivity index (χ0v) is 9.45. The second-order valence-corrected chi connectivity index (χ2v) is 5.72. The molecule has 6 heteroatoms. The average Bonchev–Trinajstić information content (AvgIpc) is 2.47. The van der Waals surface area contributed by atoms with E-state index in [9.17, 15) is 13.2 Å². The molecule has 0 spiro atoms. The Labute approximate surface area is 92.2 Å². The van der Waals surface area contributed by atoms with Crippen molar-refractivity contribution in [3.8, 4) is 0 Å². The highest BCUT2D eigenvalue weighted by atomic mass is 35.5. The lowest BCUT2D eigenvalue weighted by Gasteiger charge is -2.05. The van der Waals surface area contributed by atoms with Crippen LogP contribution in [0.3, 0.4) is 0 Å². The number of carbonyl (C=O) groups excluding carboxylic acids is 1. The molecule has 4 nitrogen and oxygen atoms in total. The van der Waals surface area contributed by atoms with Crippen LogP contribution >= 0.6 is 11.6 Å². The first kappa shape index (κ1) is 10.4. The number of sulfone groups is 1. The van der Waals surface area contributed by atoms with Crippen LogP contribution in [0.5, 0.6) is 0 Å². The Bertz CT molecular complexity index is 551. The van der Waals surface area contributed by atoms with Gasteiger partial charge in [-0.05, 0) is 12.1 Å². The van der Waals surface area contributed by atoms with Crippen LogP contribution < -0.4 is 5.32 Å². The molecule has 0 aromatic heterocycles. The molecule has 0 radical (unpaired) electrons. The molecule has 0 fully saturated rings. The summed E-state index contributed by atoms with van der Waals surface area (Å²) < 4.78 is 22.7. The second-order valence-electron chi connectivity index (χ2n) is 3.36. The van der Waals surface area contributed by atoms with E-state index in [4.69, 9.17) is 11.6 Å². The number of hydrogen-bond acceptors (Lipinski definition) is 3. The minimum absolute atomic E-state index is 0.0689. The lowest BCUT2D eigenvalue weighted by atomic mass is 10.1. The minimum atomic E-state index is -3.34. The van der Waals surface area contributed by atoms with Crippen LogP contribution in [-0.4, -0.2) is 20.6 Å². The molecule has 0 saturated heterocycles. The summed E-state index contributed by atoms with van der Waals surface area (Å²) in [6.45, 7) is 0.288. The molecule has 0 atom stereocenters. The molecule has 80 valence electrons. The van der Waals surface area contributed by atoms with Crippen molar-refractivity contribution >= 4 is 27.3 Å².